The molecule has 0 aliphatic carbocycles. The number of anilines is 1. The maximum atomic E-state index is 12.6. The molecule has 1 saturated heterocycles. The first-order valence-corrected chi connectivity index (χ1v) is 8.47. The smallest absolute Gasteiger partial charge is 0.242 e. The highest BCUT2D eigenvalue weighted by molar-refractivity contribution is 6.30. The predicted molar refractivity (Wildman–Crippen MR) is 98.2 cm³/mol. The fourth-order valence-corrected chi connectivity index (χ4v) is 3.36. The van der Waals surface area contributed by atoms with Gasteiger partial charge in [0.2, 0.25) is 5.91 Å². The minimum absolute atomic E-state index is 0.0194. The van der Waals surface area contributed by atoms with Crippen LogP contribution in [0.4, 0.5) is 5.69 Å². The number of rotatable bonds is 3. The summed E-state index contributed by atoms with van der Waals surface area (Å²) in [7, 11) is 0. The third-order valence-electron chi connectivity index (χ3n) is 4.42. The lowest BCUT2D eigenvalue weighted by atomic mass is 10.0. The average Bonchev–Trinajstić information content (AvgIpc) is 3.01. The van der Waals surface area contributed by atoms with Crippen LogP contribution in [0.1, 0.15) is 34.7 Å². The summed E-state index contributed by atoms with van der Waals surface area (Å²) >= 11 is 5.93. The molecule has 1 amide bonds. The summed E-state index contributed by atoms with van der Waals surface area (Å²) in [5, 5.41) is 3.78. The van der Waals surface area contributed by atoms with Crippen molar-refractivity contribution in [3.63, 3.8) is 0 Å². The lowest BCUT2D eigenvalue weighted by Crippen LogP contribution is -2.39. The quantitative estimate of drug-likeness (QED) is 0.794. The number of amides is 1. The number of nitrogens with one attached hydrogen (secondary N) is 3. The van der Waals surface area contributed by atoms with Crippen molar-refractivity contribution in [1.82, 2.24) is 10.9 Å². The van der Waals surface area contributed by atoms with E-state index in [2.05, 4.69) is 35.2 Å². The van der Waals surface area contributed by atoms with Gasteiger partial charge < -0.3 is 5.32 Å². The first-order valence-electron chi connectivity index (χ1n) is 8.09. The van der Waals surface area contributed by atoms with Crippen molar-refractivity contribution in [2.45, 2.75) is 39.3 Å². The Morgan fingerprint density at radius 2 is 1.71 bits per heavy atom. The van der Waals surface area contributed by atoms with Gasteiger partial charge in [0.25, 0.3) is 0 Å². The Kier molecular flexibility index (Phi) is 4.90. The third kappa shape index (κ3) is 3.61. The van der Waals surface area contributed by atoms with Crippen molar-refractivity contribution >= 4 is 23.2 Å². The van der Waals surface area contributed by atoms with E-state index in [1.165, 1.54) is 5.56 Å². The molecule has 1 heterocycles. The van der Waals surface area contributed by atoms with Crippen LogP contribution in [0.3, 0.4) is 0 Å². The van der Waals surface area contributed by atoms with Crippen LogP contribution in [0.5, 0.6) is 0 Å². The molecule has 2 aromatic rings. The van der Waals surface area contributed by atoms with Crippen LogP contribution in [0.2, 0.25) is 5.02 Å². The summed E-state index contributed by atoms with van der Waals surface area (Å²) in [5.74, 6) is -0.0194. The molecule has 1 aliphatic rings. The highest BCUT2D eigenvalue weighted by atomic mass is 35.5. The summed E-state index contributed by atoms with van der Waals surface area (Å²) in [6.45, 7) is 6.10. The van der Waals surface area contributed by atoms with Gasteiger partial charge in [-0.1, -0.05) is 41.4 Å². The topological polar surface area (TPSA) is 53.2 Å². The average molecular weight is 344 g/mol. The summed E-state index contributed by atoms with van der Waals surface area (Å²) in [5.41, 5.74) is 11.7. The normalized spacial score (nSPS) is 20.2. The summed E-state index contributed by atoms with van der Waals surface area (Å²) < 4.78 is 0. The molecule has 0 spiro atoms. The van der Waals surface area contributed by atoms with E-state index in [0.717, 1.165) is 22.4 Å². The molecular formula is C19H22ClN3O. The number of carbonyl (C=O) groups excluding carboxylic acids is 1. The number of hydrogen-bond acceptors (Lipinski definition) is 3. The van der Waals surface area contributed by atoms with Crippen molar-refractivity contribution in [3.8, 4) is 0 Å². The van der Waals surface area contributed by atoms with Gasteiger partial charge in [-0.05, 0) is 56.0 Å². The molecule has 3 N–H and O–H groups in total. The number of benzene rings is 2. The van der Waals surface area contributed by atoms with Crippen molar-refractivity contribution in [3.05, 3.63) is 63.7 Å². The van der Waals surface area contributed by atoms with Gasteiger partial charge in [0.05, 0.1) is 0 Å². The van der Waals surface area contributed by atoms with Crippen LogP contribution in [-0.2, 0) is 4.79 Å². The van der Waals surface area contributed by atoms with Gasteiger partial charge in [-0.3, -0.25) is 4.79 Å². The molecule has 1 aliphatic heterocycles. The Bertz CT molecular complexity index is 735. The molecule has 0 aromatic heterocycles. The van der Waals surface area contributed by atoms with Crippen LogP contribution < -0.4 is 16.2 Å². The number of hydrazine groups is 1. The largest absolute Gasteiger partial charge is 0.324 e. The van der Waals surface area contributed by atoms with E-state index < -0.39 is 0 Å². The molecule has 0 bridgehead atoms. The van der Waals surface area contributed by atoms with Crippen molar-refractivity contribution in [1.29, 1.82) is 0 Å². The van der Waals surface area contributed by atoms with E-state index >= 15 is 0 Å². The van der Waals surface area contributed by atoms with Crippen molar-refractivity contribution in [2.24, 2.45) is 0 Å². The Labute approximate surface area is 147 Å². The number of halogens is 1. The van der Waals surface area contributed by atoms with Gasteiger partial charge in [-0.2, -0.15) is 0 Å². The molecule has 4 nitrogen and oxygen atoms in total. The first kappa shape index (κ1) is 17.0. The second-order valence-electron chi connectivity index (χ2n) is 6.44. The third-order valence-corrected chi connectivity index (χ3v) is 4.67. The molecule has 1 fully saturated rings. The monoisotopic (exact) mass is 343 g/mol. The molecule has 0 saturated carbocycles. The van der Waals surface area contributed by atoms with Gasteiger partial charge >= 0.3 is 0 Å². The first-order chi connectivity index (χ1) is 11.4. The van der Waals surface area contributed by atoms with Gasteiger partial charge in [-0.25, -0.2) is 10.9 Å². The highest BCUT2D eigenvalue weighted by Crippen LogP contribution is 2.26. The fourth-order valence-electron chi connectivity index (χ4n) is 3.23. The lowest BCUT2D eigenvalue weighted by molar-refractivity contribution is -0.117. The van der Waals surface area contributed by atoms with Crippen LogP contribution in [0, 0.1) is 20.8 Å². The van der Waals surface area contributed by atoms with E-state index in [4.69, 9.17) is 11.6 Å². The Morgan fingerprint density at radius 3 is 2.33 bits per heavy atom. The summed E-state index contributed by atoms with van der Waals surface area (Å²) in [4.78, 5) is 12.6. The van der Waals surface area contributed by atoms with Crippen LogP contribution in [0.25, 0.3) is 0 Å². The van der Waals surface area contributed by atoms with Crippen molar-refractivity contribution < 1.29 is 4.79 Å². The zero-order chi connectivity index (χ0) is 17.3. The molecule has 5 heteroatoms. The van der Waals surface area contributed by atoms with Crippen molar-refractivity contribution in [2.75, 3.05) is 5.32 Å². The molecule has 2 unspecified atom stereocenters. The fraction of sp³-hybridized carbons (Fsp3) is 0.316. The Balaban J connectivity index is 1.68. The van der Waals surface area contributed by atoms with Crippen LogP contribution >= 0.6 is 11.6 Å². The molecule has 2 aromatic carbocycles. The maximum Gasteiger partial charge on any atom is 0.242 e. The van der Waals surface area contributed by atoms with Gasteiger partial charge in [0, 0.05) is 16.8 Å². The van der Waals surface area contributed by atoms with Crippen LogP contribution in [-0.4, -0.2) is 11.9 Å². The van der Waals surface area contributed by atoms with Gasteiger partial charge in [-0.15, -0.1) is 0 Å². The Morgan fingerprint density at radius 1 is 1.08 bits per heavy atom. The van der Waals surface area contributed by atoms with E-state index in [-0.39, 0.29) is 18.0 Å². The molecule has 3 rings (SSSR count). The van der Waals surface area contributed by atoms with E-state index in [1.54, 1.807) is 0 Å². The predicted octanol–water partition coefficient (Wildman–Crippen LogP) is 3.81. The molecule has 0 radical (unpaired) electrons. The molecular weight excluding hydrogens is 322 g/mol. The number of carbonyl (C=O) groups is 1. The van der Waals surface area contributed by atoms with E-state index in [0.29, 0.717) is 11.4 Å². The van der Waals surface area contributed by atoms with Gasteiger partial charge in [0.1, 0.15) is 6.04 Å². The highest BCUT2D eigenvalue weighted by Gasteiger charge is 2.30. The standard InChI is InChI=1S/C19H22ClN3O/c1-11-8-12(2)18(13(3)9-11)21-19(24)17-10-16(22-23-17)14-4-6-15(20)7-5-14/h4-9,16-17,22-23H,10H2,1-3H3,(H,21,24). The second-order valence-corrected chi connectivity index (χ2v) is 6.88. The zero-order valence-corrected chi connectivity index (χ0v) is 14.9. The second kappa shape index (κ2) is 6.93. The van der Waals surface area contributed by atoms with Gasteiger partial charge in [0.15, 0.2) is 0 Å². The lowest BCUT2D eigenvalue weighted by Gasteiger charge is -2.15. The van der Waals surface area contributed by atoms with E-state index in [9.17, 15) is 4.79 Å². The maximum absolute atomic E-state index is 12.6. The van der Waals surface area contributed by atoms with E-state index in [1.807, 2.05) is 38.1 Å². The number of aryl methyl sites for hydroxylation is 3. The molecule has 24 heavy (non-hydrogen) atoms. The molecule has 2 atom stereocenters. The minimum Gasteiger partial charge on any atom is -0.324 e. The van der Waals surface area contributed by atoms with Crippen LogP contribution in [0.15, 0.2) is 36.4 Å². The summed E-state index contributed by atoms with van der Waals surface area (Å²) in [6, 6.07) is 11.7. The minimum atomic E-state index is -0.272. The number of hydrogen-bond donors (Lipinski definition) is 3. The zero-order valence-electron chi connectivity index (χ0n) is 14.1. The Hall–Kier alpha value is -1.88. The summed E-state index contributed by atoms with van der Waals surface area (Å²) in [6.07, 6.45) is 0.692. The molecule has 126 valence electrons. The SMILES string of the molecule is Cc1cc(C)c(NC(=O)C2CC(c3ccc(Cl)cc3)NN2)c(C)c1.